The standard InChI is InChI=1S/C19H27N7O2/c1-13(2)6-9-26-19(28)24-8-7-14(4-5-16(24)22-26)21-17(27)15-12-20-25-11-10-23(3)18(15)25/h10-14H,4-9H2,1-3H3,(H,21,27). The molecule has 0 aromatic carbocycles. The maximum atomic E-state index is 12.8. The van der Waals surface area contributed by atoms with Crippen LogP contribution in [0.4, 0.5) is 0 Å². The highest BCUT2D eigenvalue weighted by atomic mass is 16.2. The Hall–Kier alpha value is -2.84. The Morgan fingerprint density at radius 3 is 2.93 bits per heavy atom. The summed E-state index contributed by atoms with van der Waals surface area (Å²) in [4.78, 5) is 25.4. The summed E-state index contributed by atoms with van der Waals surface area (Å²) in [5, 5.41) is 11.9. The van der Waals surface area contributed by atoms with Crippen LogP contribution in [0.25, 0.3) is 5.65 Å². The smallest absolute Gasteiger partial charge is 0.345 e. The number of aromatic nitrogens is 6. The topological polar surface area (TPSA) is 91.2 Å². The molecule has 3 aromatic rings. The minimum Gasteiger partial charge on any atom is -0.349 e. The molecule has 9 heteroatoms. The molecule has 9 nitrogen and oxygen atoms in total. The van der Waals surface area contributed by atoms with Gasteiger partial charge < -0.3 is 9.88 Å². The van der Waals surface area contributed by atoms with E-state index in [1.165, 1.54) is 0 Å². The maximum Gasteiger partial charge on any atom is 0.345 e. The van der Waals surface area contributed by atoms with Crippen molar-refractivity contribution in [3.05, 3.63) is 40.5 Å². The zero-order valence-electron chi connectivity index (χ0n) is 16.6. The van der Waals surface area contributed by atoms with Gasteiger partial charge in [0.2, 0.25) is 0 Å². The van der Waals surface area contributed by atoms with E-state index in [0.29, 0.717) is 37.4 Å². The molecular weight excluding hydrogens is 358 g/mol. The summed E-state index contributed by atoms with van der Waals surface area (Å²) in [6, 6.07) is 0.00734. The zero-order chi connectivity index (χ0) is 19.8. The first-order valence-electron chi connectivity index (χ1n) is 9.90. The molecular formula is C19H27N7O2. The second-order valence-electron chi connectivity index (χ2n) is 7.99. The van der Waals surface area contributed by atoms with Crippen molar-refractivity contribution in [1.29, 1.82) is 0 Å². The van der Waals surface area contributed by atoms with Gasteiger partial charge in [0.25, 0.3) is 5.91 Å². The van der Waals surface area contributed by atoms with Gasteiger partial charge >= 0.3 is 5.69 Å². The number of amides is 1. The third kappa shape index (κ3) is 3.36. The quantitative estimate of drug-likeness (QED) is 0.715. The summed E-state index contributed by atoms with van der Waals surface area (Å²) < 4.78 is 6.93. The minimum absolute atomic E-state index is 0.00734. The van der Waals surface area contributed by atoms with Crippen LogP contribution in [0.2, 0.25) is 0 Å². The lowest BCUT2D eigenvalue weighted by Crippen LogP contribution is -2.36. The van der Waals surface area contributed by atoms with E-state index in [1.54, 1.807) is 20.0 Å². The number of hydrogen-bond acceptors (Lipinski definition) is 4. The van der Waals surface area contributed by atoms with Gasteiger partial charge in [0.15, 0.2) is 0 Å². The molecule has 0 saturated carbocycles. The Morgan fingerprint density at radius 1 is 1.32 bits per heavy atom. The summed E-state index contributed by atoms with van der Waals surface area (Å²) in [6.07, 6.45) is 8.39. The highest BCUT2D eigenvalue weighted by Gasteiger charge is 2.24. The molecule has 0 bridgehead atoms. The van der Waals surface area contributed by atoms with Crippen molar-refractivity contribution < 1.29 is 4.79 Å². The van der Waals surface area contributed by atoms with Crippen LogP contribution in [0.1, 0.15) is 49.3 Å². The molecule has 1 amide bonds. The summed E-state index contributed by atoms with van der Waals surface area (Å²) >= 11 is 0. The average molecular weight is 385 g/mol. The fourth-order valence-corrected chi connectivity index (χ4v) is 3.77. The minimum atomic E-state index is -0.129. The SMILES string of the molecule is CC(C)CCn1nc2n(c1=O)CCC(NC(=O)c1cnn3ccn(C)c13)CC2. The lowest BCUT2D eigenvalue weighted by molar-refractivity contribution is 0.0934. The van der Waals surface area contributed by atoms with Crippen molar-refractivity contribution in [3.63, 3.8) is 0 Å². The summed E-state index contributed by atoms with van der Waals surface area (Å²) in [5.74, 6) is 1.23. The molecule has 28 heavy (non-hydrogen) atoms. The van der Waals surface area contributed by atoms with Crippen molar-refractivity contribution in [2.75, 3.05) is 0 Å². The first-order chi connectivity index (χ1) is 13.4. The van der Waals surface area contributed by atoms with Crippen LogP contribution in [0.15, 0.2) is 23.4 Å². The fraction of sp³-hybridized carbons (Fsp3) is 0.579. The molecule has 4 rings (SSSR count). The Balaban J connectivity index is 1.44. The normalized spacial score (nSPS) is 17.1. The van der Waals surface area contributed by atoms with E-state index >= 15 is 0 Å². The predicted octanol–water partition coefficient (Wildman–Crippen LogP) is 1.21. The molecule has 1 aliphatic rings. The monoisotopic (exact) mass is 385 g/mol. The zero-order valence-corrected chi connectivity index (χ0v) is 16.6. The molecule has 1 N–H and O–H groups in total. The first kappa shape index (κ1) is 18.5. The van der Waals surface area contributed by atoms with E-state index < -0.39 is 0 Å². The molecule has 0 fully saturated rings. The molecule has 0 aliphatic carbocycles. The predicted molar refractivity (Wildman–Crippen MR) is 104 cm³/mol. The van der Waals surface area contributed by atoms with Gasteiger partial charge in [-0.1, -0.05) is 13.8 Å². The van der Waals surface area contributed by atoms with E-state index in [4.69, 9.17) is 0 Å². The van der Waals surface area contributed by atoms with Crippen LogP contribution in [0.5, 0.6) is 0 Å². The number of fused-ring (bicyclic) bond motifs is 2. The molecule has 0 spiro atoms. The van der Waals surface area contributed by atoms with Crippen molar-refractivity contribution >= 4 is 11.6 Å². The summed E-state index contributed by atoms with van der Waals surface area (Å²) in [7, 11) is 1.89. The van der Waals surface area contributed by atoms with Gasteiger partial charge in [0, 0.05) is 45.0 Å². The highest BCUT2D eigenvalue weighted by molar-refractivity contribution is 5.99. The molecule has 150 valence electrons. The Morgan fingerprint density at radius 2 is 2.14 bits per heavy atom. The van der Waals surface area contributed by atoms with E-state index in [2.05, 4.69) is 29.4 Å². The van der Waals surface area contributed by atoms with Crippen LogP contribution in [0, 0.1) is 5.92 Å². The molecule has 0 radical (unpaired) electrons. The number of hydrogen-bond donors (Lipinski definition) is 1. The molecule has 3 aromatic heterocycles. The van der Waals surface area contributed by atoms with Gasteiger partial charge in [-0.25, -0.2) is 14.0 Å². The molecule has 1 aliphatic heterocycles. The van der Waals surface area contributed by atoms with Crippen LogP contribution < -0.4 is 11.0 Å². The van der Waals surface area contributed by atoms with Crippen LogP contribution in [0.3, 0.4) is 0 Å². The van der Waals surface area contributed by atoms with Gasteiger partial charge in [0.05, 0.1) is 6.20 Å². The van der Waals surface area contributed by atoms with Gasteiger partial charge in [-0.05, 0) is 25.2 Å². The van der Waals surface area contributed by atoms with Gasteiger partial charge in [0.1, 0.15) is 17.0 Å². The van der Waals surface area contributed by atoms with Crippen molar-refractivity contribution in [2.45, 2.75) is 58.7 Å². The Bertz CT molecular complexity index is 1050. The van der Waals surface area contributed by atoms with E-state index in [1.807, 2.05) is 24.0 Å². The van der Waals surface area contributed by atoms with Gasteiger partial charge in [-0.2, -0.15) is 10.2 Å². The number of rotatable bonds is 5. The van der Waals surface area contributed by atoms with E-state index in [-0.39, 0.29) is 17.6 Å². The Labute approximate surface area is 162 Å². The van der Waals surface area contributed by atoms with E-state index in [0.717, 1.165) is 24.3 Å². The van der Waals surface area contributed by atoms with Crippen LogP contribution >= 0.6 is 0 Å². The fourth-order valence-electron chi connectivity index (χ4n) is 3.77. The number of nitrogens with zero attached hydrogens (tertiary/aromatic N) is 6. The number of carbonyl (C=O) groups is 1. The van der Waals surface area contributed by atoms with Crippen molar-refractivity contribution in [2.24, 2.45) is 13.0 Å². The largest absolute Gasteiger partial charge is 0.349 e. The lowest BCUT2D eigenvalue weighted by Gasteiger charge is -2.15. The first-order valence-corrected chi connectivity index (χ1v) is 9.90. The summed E-state index contributed by atoms with van der Waals surface area (Å²) in [6.45, 7) is 5.52. The maximum absolute atomic E-state index is 12.8. The molecule has 1 unspecified atom stereocenters. The summed E-state index contributed by atoms with van der Waals surface area (Å²) in [5.41, 5.74) is 1.29. The Kier molecular flexibility index (Phi) is 4.82. The molecule has 4 heterocycles. The molecule has 1 atom stereocenters. The van der Waals surface area contributed by atoms with Crippen molar-refractivity contribution in [1.82, 2.24) is 33.8 Å². The van der Waals surface area contributed by atoms with E-state index in [9.17, 15) is 9.59 Å². The lowest BCUT2D eigenvalue weighted by atomic mass is 10.1. The van der Waals surface area contributed by atoms with Crippen molar-refractivity contribution in [3.8, 4) is 0 Å². The number of aryl methyl sites for hydroxylation is 3. The second kappa shape index (κ2) is 7.29. The molecule has 0 saturated heterocycles. The van der Waals surface area contributed by atoms with Crippen LogP contribution in [-0.2, 0) is 26.6 Å². The number of imidazole rings is 1. The highest BCUT2D eigenvalue weighted by Crippen LogP contribution is 2.15. The average Bonchev–Trinajstić information content (AvgIpc) is 3.27. The van der Waals surface area contributed by atoms with Crippen LogP contribution in [-0.4, -0.2) is 40.5 Å². The van der Waals surface area contributed by atoms with Gasteiger partial charge in [-0.15, -0.1) is 0 Å². The number of nitrogens with one attached hydrogen (secondary N) is 1. The van der Waals surface area contributed by atoms with Gasteiger partial charge in [-0.3, -0.25) is 9.36 Å². The third-order valence-electron chi connectivity index (χ3n) is 5.45. The number of carbonyl (C=O) groups excluding carboxylic acids is 1. The third-order valence-corrected chi connectivity index (χ3v) is 5.45. The second-order valence-corrected chi connectivity index (χ2v) is 7.99.